The quantitative estimate of drug-likeness (QED) is 0.210. The Morgan fingerprint density at radius 3 is 2.20 bits per heavy atom. The minimum Gasteiger partial charge on any atom is -0.784 e. The van der Waals surface area contributed by atoms with E-state index in [0.717, 1.165) is 11.3 Å². The Morgan fingerprint density at radius 2 is 1.61 bits per heavy atom. The molecule has 0 aromatic heterocycles. The number of nitrogens with one attached hydrogen (secondary N) is 3. The summed E-state index contributed by atoms with van der Waals surface area (Å²) in [6.07, 6.45) is 4.19. The molecule has 0 aromatic carbocycles. The Hall–Kier alpha value is -1.74. The van der Waals surface area contributed by atoms with Crippen LogP contribution in [0.5, 0.6) is 0 Å². The molecule has 1 saturated heterocycles. The average molecular weight is 687 g/mol. The summed E-state index contributed by atoms with van der Waals surface area (Å²) in [7, 11) is -7.33. The number of piperidine rings is 1. The van der Waals surface area contributed by atoms with Crippen molar-refractivity contribution in [1.29, 1.82) is 0 Å². The Morgan fingerprint density at radius 1 is 0.978 bits per heavy atom. The molecule has 3 aliphatic carbocycles. The number of azo groups is 1. The van der Waals surface area contributed by atoms with Gasteiger partial charge in [0.15, 0.2) is 0 Å². The van der Waals surface area contributed by atoms with E-state index in [2.05, 4.69) is 24.7 Å². The van der Waals surface area contributed by atoms with Crippen LogP contribution in [0.15, 0.2) is 10.2 Å². The van der Waals surface area contributed by atoms with Crippen LogP contribution >= 0.6 is 0 Å². The third-order valence-electron chi connectivity index (χ3n) is 10.5. The van der Waals surface area contributed by atoms with Gasteiger partial charge in [-0.1, -0.05) is 13.3 Å². The first kappa shape index (κ1) is 37.1. The average Bonchev–Trinajstić information content (AvgIpc) is 2.95. The number of carbonyl (C=O) groups is 1. The maximum atomic E-state index is 13.5. The molecule has 46 heavy (non-hydrogen) atoms. The Kier molecular flexibility index (Phi) is 11.3. The summed E-state index contributed by atoms with van der Waals surface area (Å²) < 4.78 is 57.1. The minimum absolute atomic E-state index is 0.0958. The number of hydrogen-bond acceptors (Lipinski definition) is 10. The van der Waals surface area contributed by atoms with Crippen molar-refractivity contribution in [2.75, 3.05) is 6.26 Å². The number of hydroxylamine groups is 2. The highest BCUT2D eigenvalue weighted by Gasteiger charge is 2.51. The van der Waals surface area contributed by atoms with Gasteiger partial charge < -0.3 is 25.5 Å². The summed E-state index contributed by atoms with van der Waals surface area (Å²) in [6, 6.07) is -3.19. The molecule has 0 bridgehead atoms. The largest absolute Gasteiger partial charge is 0.784 e. The molecular weight excluding hydrogens is 635 g/mol. The van der Waals surface area contributed by atoms with Crippen molar-refractivity contribution < 1.29 is 26.7 Å². The summed E-state index contributed by atoms with van der Waals surface area (Å²) in [6.45, 7) is 16.9. The molecular formula is C30H52N7O7S2-. The second-order valence-corrected chi connectivity index (χ2v) is 18.9. The predicted octanol–water partition coefficient (Wildman–Crippen LogP) is 2.45. The molecule has 14 nitrogen and oxygen atoms in total. The van der Waals surface area contributed by atoms with E-state index in [1.165, 1.54) is 0 Å². The molecule has 0 radical (unpaired) electrons. The zero-order valence-corrected chi connectivity index (χ0v) is 29.5. The van der Waals surface area contributed by atoms with E-state index in [9.17, 15) is 31.9 Å². The summed E-state index contributed by atoms with van der Waals surface area (Å²) in [5.74, 6) is -0.856. The van der Waals surface area contributed by atoms with Gasteiger partial charge in [-0.2, -0.15) is 10.2 Å². The van der Waals surface area contributed by atoms with E-state index in [0.29, 0.717) is 44.9 Å². The maximum Gasteiger partial charge on any atom is 0.248 e. The van der Waals surface area contributed by atoms with Gasteiger partial charge in [0.2, 0.25) is 32.0 Å². The van der Waals surface area contributed by atoms with Crippen LogP contribution in [0.2, 0.25) is 0 Å². The van der Waals surface area contributed by atoms with Crippen molar-refractivity contribution in [3.8, 4) is 0 Å². The van der Waals surface area contributed by atoms with E-state index in [1.54, 1.807) is 6.92 Å². The van der Waals surface area contributed by atoms with Crippen molar-refractivity contribution >= 4 is 26.0 Å². The number of nitrogens with zero attached hydrogens (tertiary/aromatic N) is 4. The molecule has 3 saturated carbocycles. The molecule has 9 unspecified atom stereocenters. The highest BCUT2D eigenvalue weighted by atomic mass is 32.2. The Bertz CT molecular complexity index is 1380. The number of amides is 1. The number of hydrogen-bond donors (Lipinski definition) is 4. The molecule has 0 aromatic rings. The number of fused-ring (bicyclic) bond motifs is 1. The lowest BCUT2D eigenvalue weighted by Crippen LogP contribution is -2.62. The van der Waals surface area contributed by atoms with E-state index in [4.69, 9.17) is 11.7 Å². The molecule has 9 atom stereocenters. The molecule has 1 amide bonds. The van der Waals surface area contributed by atoms with E-state index in [1.807, 2.05) is 27.7 Å². The van der Waals surface area contributed by atoms with Crippen LogP contribution in [0.1, 0.15) is 98.8 Å². The zero-order valence-electron chi connectivity index (χ0n) is 27.8. The van der Waals surface area contributed by atoms with Crippen LogP contribution in [0.3, 0.4) is 0 Å². The molecule has 262 valence electrons. The minimum atomic E-state index is -3.79. The summed E-state index contributed by atoms with van der Waals surface area (Å²) in [5, 5.41) is 36.5. The van der Waals surface area contributed by atoms with Gasteiger partial charge in [0.25, 0.3) is 0 Å². The van der Waals surface area contributed by atoms with Crippen LogP contribution in [0.4, 0.5) is 0 Å². The van der Waals surface area contributed by atoms with Crippen molar-refractivity contribution in [1.82, 2.24) is 19.8 Å². The first-order chi connectivity index (χ1) is 21.3. The molecule has 4 N–H and O–H groups in total. The fourth-order valence-electron chi connectivity index (χ4n) is 8.55. The smallest absolute Gasteiger partial charge is 0.248 e. The van der Waals surface area contributed by atoms with Crippen LogP contribution in [-0.4, -0.2) is 97.9 Å². The highest BCUT2D eigenvalue weighted by Crippen LogP contribution is 2.43. The number of sulfonamides is 2. The van der Waals surface area contributed by atoms with Gasteiger partial charge in [0.05, 0.1) is 29.7 Å². The zero-order chi connectivity index (χ0) is 34.2. The first-order valence-corrected chi connectivity index (χ1v) is 19.9. The molecule has 16 heteroatoms. The monoisotopic (exact) mass is 686 g/mol. The number of carbonyl (C=O) groups excluding carboxylic acids is 1. The van der Waals surface area contributed by atoms with Gasteiger partial charge in [-0.3, -0.25) is 4.79 Å². The van der Waals surface area contributed by atoms with Gasteiger partial charge >= 0.3 is 0 Å². The lowest BCUT2D eigenvalue weighted by molar-refractivity contribution is -0.124. The number of rotatable bonds is 9. The van der Waals surface area contributed by atoms with E-state index in [-0.39, 0.29) is 37.0 Å². The van der Waals surface area contributed by atoms with Gasteiger partial charge in [-0.25, -0.2) is 32.9 Å². The molecule has 1 heterocycles. The van der Waals surface area contributed by atoms with Crippen LogP contribution < -0.4 is 14.8 Å². The SMILES string of the molecule is [C-]#[N+]C1CC(S(=O)(=O)NC2CC(C)(C)N([O-])C(C)(C)C2)CCC1N=NC1CC(NC(=O)CC)C(O)C2CCCC(NS(C)(=O)=O)C12. The lowest BCUT2D eigenvalue weighted by atomic mass is 9.63. The van der Waals surface area contributed by atoms with Crippen molar-refractivity contribution in [3.63, 3.8) is 0 Å². The molecule has 4 fully saturated rings. The molecule has 0 spiro atoms. The van der Waals surface area contributed by atoms with Gasteiger partial charge in [-0.15, -0.1) is 0 Å². The molecule has 4 aliphatic rings. The van der Waals surface area contributed by atoms with Crippen molar-refractivity contribution in [2.24, 2.45) is 22.1 Å². The Balaban J connectivity index is 1.50. The van der Waals surface area contributed by atoms with Gasteiger partial charge in [-0.05, 0) is 78.6 Å². The predicted molar refractivity (Wildman–Crippen MR) is 174 cm³/mol. The van der Waals surface area contributed by atoms with E-state index < -0.39 is 78.7 Å². The highest BCUT2D eigenvalue weighted by molar-refractivity contribution is 7.90. The van der Waals surface area contributed by atoms with Gasteiger partial charge in [0.1, 0.15) is 6.04 Å². The standard InChI is InChI=1S/C30H52N7O7S2/c1-8-26(38)32-25-15-24(27-20(28(25)39)10-9-11-22(27)36-45(7,41)42)34-33-21-13-12-19(14-23(21)31-6)46(43,44)35-18-16-29(2,3)37(40)30(4,5)17-18/h18-25,27-28,35-36,39H,8-17H2,1-5,7H3,(H,32,38)/q-1. The molecule has 1 aliphatic heterocycles. The van der Waals surface area contributed by atoms with Crippen LogP contribution in [0, 0.1) is 23.6 Å². The maximum absolute atomic E-state index is 13.5. The lowest BCUT2D eigenvalue weighted by Gasteiger charge is -2.60. The number of aliphatic hydroxyl groups is 1. The van der Waals surface area contributed by atoms with Crippen molar-refractivity contribution in [2.45, 2.75) is 158 Å². The summed E-state index contributed by atoms with van der Waals surface area (Å²) in [4.78, 5) is 16.0. The second kappa shape index (κ2) is 14.0. The summed E-state index contributed by atoms with van der Waals surface area (Å²) in [5.41, 5.74) is -1.46. The third-order valence-corrected chi connectivity index (χ3v) is 13.2. The van der Waals surface area contributed by atoms with Crippen LogP contribution in [-0.2, 0) is 24.8 Å². The molecule has 4 rings (SSSR count). The van der Waals surface area contributed by atoms with Crippen molar-refractivity contribution in [3.05, 3.63) is 16.6 Å². The number of aliphatic hydroxyl groups excluding tert-OH is 1. The Labute approximate surface area is 274 Å². The normalized spacial score (nSPS) is 37.3. The first-order valence-electron chi connectivity index (χ1n) is 16.5. The third kappa shape index (κ3) is 8.45. The van der Waals surface area contributed by atoms with Crippen LogP contribution in [0.25, 0.3) is 4.85 Å². The second-order valence-electron chi connectivity index (χ2n) is 15.1. The fraction of sp³-hybridized carbons (Fsp3) is 0.933. The fourth-order valence-corrected chi connectivity index (χ4v) is 11.1. The summed E-state index contributed by atoms with van der Waals surface area (Å²) >= 11 is 0. The van der Waals surface area contributed by atoms with Gasteiger partial charge in [0, 0.05) is 41.9 Å². The topological polar surface area (TPSA) is 197 Å². The van der Waals surface area contributed by atoms with E-state index >= 15 is 0 Å².